The van der Waals surface area contributed by atoms with Crippen molar-refractivity contribution in [3.8, 4) is 0 Å². The van der Waals surface area contributed by atoms with Gasteiger partial charge in [0.2, 0.25) is 0 Å². The van der Waals surface area contributed by atoms with E-state index in [1.165, 1.54) is 6.42 Å². The minimum absolute atomic E-state index is 0.0766. The van der Waals surface area contributed by atoms with E-state index in [1.54, 1.807) is 0 Å². The predicted octanol–water partition coefficient (Wildman–Crippen LogP) is 1.52. The first-order chi connectivity index (χ1) is 7.79. The third-order valence-corrected chi connectivity index (χ3v) is 5.82. The van der Waals surface area contributed by atoms with Crippen LogP contribution in [0.4, 0.5) is 0 Å². The fourth-order valence-corrected chi connectivity index (χ4v) is 3.94. The highest BCUT2D eigenvalue weighted by molar-refractivity contribution is 5.22. The molecule has 1 heterocycles. The lowest BCUT2D eigenvalue weighted by Crippen LogP contribution is -2.78. The Labute approximate surface area is 104 Å². The average molecular weight is 238 g/mol. The number of rotatable bonds is 3. The summed E-state index contributed by atoms with van der Waals surface area (Å²) in [5, 5.41) is 3.68. The Hall–Kier alpha value is -0.120. The SMILES string of the molecule is CC1(C)CC1NCC1(N)C2CCOC2C1(C)C. The second-order valence-electron chi connectivity index (χ2n) is 7.57. The van der Waals surface area contributed by atoms with E-state index >= 15 is 0 Å². The molecule has 0 bridgehead atoms. The molecular weight excluding hydrogens is 212 g/mol. The molecular formula is C14H26N2O. The molecule has 4 atom stereocenters. The van der Waals surface area contributed by atoms with Gasteiger partial charge in [0.1, 0.15) is 0 Å². The molecule has 0 aromatic rings. The van der Waals surface area contributed by atoms with Gasteiger partial charge in [-0.1, -0.05) is 27.7 Å². The van der Waals surface area contributed by atoms with Crippen LogP contribution in [0.15, 0.2) is 0 Å². The van der Waals surface area contributed by atoms with E-state index in [4.69, 9.17) is 10.5 Å². The van der Waals surface area contributed by atoms with Crippen molar-refractivity contribution in [2.24, 2.45) is 22.5 Å². The van der Waals surface area contributed by atoms with Gasteiger partial charge in [-0.2, -0.15) is 0 Å². The fraction of sp³-hybridized carbons (Fsp3) is 1.00. The quantitative estimate of drug-likeness (QED) is 0.783. The highest BCUT2D eigenvalue weighted by Crippen LogP contribution is 2.58. The number of nitrogens with two attached hydrogens (primary N) is 1. The predicted molar refractivity (Wildman–Crippen MR) is 68.7 cm³/mol. The lowest BCUT2D eigenvalue weighted by molar-refractivity contribution is -0.153. The highest BCUT2D eigenvalue weighted by atomic mass is 16.5. The molecule has 0 radical (unpaired) electrons. The van der Waals surface area contributed by atoms with Crippen molar-refractivity contribution in [1.82, 2.24) is 5.32 Å². The minimum Gasteiger partial charge on any atom is -0.377 e. The normalized spacial score (nSPS) is 49.6. The first kappa shape index (κ1) is 11.9. The molecule has 0 aromatic carbocycles. The molecule has 0 spiro atoms. The van der Waals surface area contributed by atoms with Gasteiger partial charge in [-0.3, -0.25) is 0 Å². The number of fused-ring (bicyclic) bond motifs is 1. The molecule has 3 nitrogen and oxygen atoms in total. The van der Waals surface area contributed by atoms with Crippen LogP contribution >= 0.6 is 0 Å². The maximum Gasteiger partial charge on any atom is 0.0691 e. The zero-order valence-electron chi connectivity index (χ0n) is 11.5. The maximum atomic E-state index is 6.69. The van der Waals surface area contributed by atoms with Crippen LogP contribution in [-0.2, 0) is 4.74 Å². The largest absolute Gasteiger partial charge is 0.377 e. The summed E-state index contributed by atoms with van der Waals surface area (Å²) in [5.41, 5.74) is 7.20. The molecule has 17 heavy (non-hydrogen) atoms. The van der Waals surface area contributed by atoms with Gasteiger partial charge in [-0.15, -0.1) is 0 Å². The van der Waals surface area contributed by atoms with Crippen LogP contribution in [-0.4, -0.2) is 30.8 Å². The summed E-state index contributed by atoms with van der Waals surface area (Å²) in [5.74, 6) is 0.562. The van der Waals surface area contributed by atoms with Gasteiger partial charge < -0.3 is 15.8 Å². The smallest absolute Gasteiger partial charge is 0.0691 e. The Morgan fingerprint density at radius 3 is 2.53 bits per heavy atom. The number of nitrogens with one attached hydrogen (secondary N) is 1. The first-order valence-corrected chi connectivity index (χ1v) is 6.93. The monoisotopic (exact) mass is 238 g/mol. The van der Waals surface area contributed by atoms with Crippen molar-refractivity contribution >= 4 is 0 Å². The third-order valence-electron chi connectivity index (χ3n) is 5.82. The molecule has 1 aliphatic heterocycles. The molecule has 0 amide bonds. The van der Waals surface area contributed by atoms with Crippen LogP contribution in [0.25, 0.3) is 0 Å². The molecule has 3 N–H and O–H groups in total. The van der Waals surface area contributed by atoms with E-state index in [0.717, 1.165) is 19.6 Å². The first-order valence-electron chi connectivity index (χ1n) is 6.93. The van der Waals surface area contributed by atoms with Crippen LogP contribution in [0.5, 0.6) is 0 Å². The van der Waals surface area contributed by atoms with Crippen molar-refractivity contribution in [1.29, 1.82) is 0 Å². The summed E-state index contributed by atoms with van der Waals surface area (Å²) in [4.78, 5) is 0. The van der Waals surface area contributed by atoms with Crippen LogP contribution in [0, 0.1) is 16.7 Å². The van der Waals surface area contributed by atoms with Gasteiger partial charge in [0.15, 0.2) is 0 Å². The Bertz CT molecular complexity index is 339. The van der Waals surface area contributed by atoms with Crippen molar-refractivity contribution in [3.63, 3.8) is 0 Å². The van der Waals surface area contributed by atoms with E-state index in [0.29, 0.717) is 23.5 Å². The topological polar surface area (TPSA) is 47.3 Å². The summed E-state index contributed by atoms with van der Waals surface area (Å²) in [6, 6.07) is 0.667. The van der Waals surface area contributed by atoms with Crippen LogP contribution < -0.4 is 11.1 Å². The zero-order chi connectivity index (χ0) is 12.5. The van der Waals surface area contributed by atoms with Crippen LogP contribution in [0.3, 0.4) is 0 Å². The maximum absolute atomic E-state index is 6.69. The average Bonchev–Trinajstić information content (AvgIpc) is 2.67. The lowest BCUT2D eigenvalue weighted by atomic mass is 9.48. The summed E-state index contributed by atoms with van der Waals surface area (Å²) in [6.45, 7) is 11.0. The second kappa shape index (κ2) is 3.25. The molecule has 1 saturated heterocycles. The number of hydrogen-bond acceptors (Lipinski definition) is 3. The molecule has 98 valence electrons. The van der Waals surface area contributed by atoms with Crippen molar-refractivity contribution < 1.29 is 4.74 Å². The van der Waals surface area contributed by atoms with Gasteiger partial charge in [-0.05, 0) is 18.3 Å². The van der Waals surface area contributed by atoms with E-state index in [2.05, 4.69) is 33.0 Å². The Kier molecular flexibility index (Phi) is 2.28. The number of ether oxygens (including phenoxy) is 1. The summed E-state index contributed by atoms with van der Waals surface area (Å²) in [6.07, 6.45) is 2.82. The number of hydrogen-bond donors (Lipinski definition) is 2. The molecule has 3 heteroatoms. The molecule has 4 unspecified atom stereocenters. The van der Waals surface area contributed by atoms with Crippen LogP contribution in [0.2, 0.25) is 0 Å². The third kappa shape index (κ3) is 1.45. The van der Waals surface area contributed by atoms with Gasteiger partial charge in [0, 0.05) is 36.1 Å². The fourth-order valence-electron chi connectivity index (χ4n) is 3.94. The molecule has 3 aliphatic rings. The van der Waals surface area contributed by atoms with Crippen LogP contribution in [0.1, 0.15) is 40.5 Å². The molecule has 3 rings (SSSR count). The summed E-state index contributed by atoms with van der Waals surface area (Å²) < 4.78 is 5.82. The summed E-state index contributed by atoms with van der Waals surface area (Å²) in [7, 11) is 0. The lowest BCUT2D eigenvalue weighted by Gasteiger charge is -2.62. The molecule has 0 aromatic heterocycles. The minimum atomic E-state index is -0.0766. The Morgan fingerprint density at radius 2 is 1.94 bits per heavy atom. The second-order valence-corrected chi connectivity index (χ2v) is 7.57. The molecule has 2 saturated carbocycles. The van der Waals surface area contributed by atoms with E-state index in [9.17, 15) is 0 Å². The Balaban J connectivity index is 1.65. The molecule has 2 aliphatic carbocycles. The van der Waals surface area contributed by atoms with Crippen molar-refractivity contribution in [3.05, 3.63) is 0 Å². The zero-order valence-corrected chi connectivity index (χ0v) is 11.5. The molecule has 3 fully saturated rings. The highest BCUT2D eigenvalue weighted by Gasteiger charge is 2.67. The standard InChI is InChI=1S/C14H26N2O/c1-12(2)7-10(12)16-8-14(15)9-5-6-17-11(9)13(14,3)4/h9-11,16H,5-8,15H2,1-4H3. The van der Waals surface area contributed by atoms with Gasteiger partial charge in [-0.25, -0.2) is 0 Å². The van der Waals surface area contributed by atoms with E-state index in [-0.39, 0.29) is 11.0 Å². The van der Waals surface area contributed by atoms with E-state index in [1.807, 2.05) is 0 Å². The van der Waals surface area contributed by atoms with E-state index < -0.39 is 0 Å². The van der Waals surface area contributed by atoms with Gasteiger partial charge >= 0.3 is 0 Å². The van der Waals surface area contributed by atoms with Crippen molar-refractivity contribution in [2.45, 2.75) is 58.2 Å². The van der Waals surface area contributed by atoms with Gasteiger partial charge in [0.25, 0.3) is 0 Å². The van der Waals surface area contributed by atoms with Gasteiger partial charge in [0.05, 0.1) is 6.10 Å². The Morgan fingerprint density at radius 1 is 1.29 bits per heavy atom. The van der Waals surface area contributed by atoms with Crippen molar-refractivity contribution in [2.75, 3.05) is 13.2 Å². The summed E-state index contributed by atoms with van der Waals surface area (Å²) >= 11 is 0.